The molecular formula is C23H30N4O2S2. The van der Waals surface area contributed by atoms with Gasteiger partial charge in [-0.25, -0.2) is 0 Å². The van der Waals surface area contributed by atoms with Crippen molar-refractivity contribution in [3.63, 3.8) is 0 Å². The monoisotopic (exact) mass is 458 g/mol. The zero-order valence-corrected chi connectivity index (χ0v) is 20.2. The molecule has 2 aromatic heterocycles. The van der Waals surface area contributed by atoms with Crippen molar-refractivity contribution in [1.29, 1.82) is 0 Å². The summed E-state index contributed by atoms with van der Waals surface area (Å²) in [6.07, 6.45) is 1.00. The van der Waals surface area contributed by atoms with Crippen LogP contribution in [0.5, 0.6) is 5.75 Å². The fourth-order valence-electron chi connectivity index (χ4n) is 3.03. The molecule has 0 aliphatic rings. The van der Waals surface area contributed by atoms with Crippen LogP contribution in [-0.4, -0.2) is 38.4 Å². The second kappa shape index (κ2) is 11.3. The largest absolute Gasteiger partial charge is 0.486 e. The van der Waals surface area contributed by atoms with E-state index in [1.54, 1.807) is 16.2 Å². The number of aryl methyl sites for hydroxylation is 1. The Morgan fingerprint density at radius 2 is 1.97 bits per heavy atom. The number of hydrogen-bond donors (Lipinski definition) is 0. The molecule has 3 rings (SSSR count). The standard InChI is InChI=1S/C23H30N4O2S2/c1-5-18-6-8-20(9-7-18)29-14-21-24-25-23(27(21)12-17(2)3)31-16-22(28)26(4)13-19-10-11-30-15-19/h6-11,15,17H,5,12-14,16H2,1-4H3. The molecule has 1 aromatic carbocycles. The highest BCUT2D eigenvalue weighted by Crippen LogP contribution is 2.21. The lowest BCUT2D eigenvalue weighted by atomic mass is 10.2. The predicted octanol–water partition coefficient (Wildman–Crippen LogP) is 4.89. The average Bonchev–Trinajstić information content (AvgIpc) is 3.40. The first-order chi connectivity index (χ1) is 15.0. The number of nitrogens with zero attached hydrogens (tertiary/aromatic N) is 4. The van der Waals surface area contributed by atoms with E-state index in [1.165, 1.54) is 17.3 Å². The van der Waals surface area contributed by atoms with Gasteiger partial charge in [-0.2, -0.15) is 11.3 Å². The SMILES string of the molecule is CCc1ccc(OCc2nnc(SCC(=O)N(C)Cc3ccsc3)n2CC(C)C)cc1. The third kappa shape index (κ3) is 6.83. The first kappa shape index (κ1) is 23.3. The van der Waals surface area contributed by atoms with Crippen LogP contribution in [-0.2, 0) is 30.9 Å². The molecule has 0 unspecified atom stereocenters. The number of carbonyl (C=O) groups excluding carboxylic acids is 1. The van der Waals surface area contributed by atoms with Crippen molar-refractivity contribution >= 4 is 29.0 Å². The van der Waals surface area contributed by atoms with Gasteiger partial charge in [0.15, 0.2) is 11.0 Å². The Morgan fingerprint density at radius 3 is 2.61 bits per heavy atom. The molecule has 0 spiro atoms. The summed E-state index contributed by atoms with van der Waals surface area (Å²) in [5.41, 5.74) is 2.43. The minimum atomic E-state index is 0.0733. The van der Waals surface area contributed by atoms with Gasteiger partial charge in [0.1, 0.15) is 12.4 Å². The molecule has 31 heavy (non-hydrogen) atoms. The Kier molecular flexibility index (Phi) is 8.54. The average molecular weight is 459 g/mol. The molecule has 0 N–H and O–H groups in total. The molecule has 0 saturated carbocycles. The van der Waals surface area contributed by atoms with Gasteiger partial charge in [-0.05, 0) is 52.4 Å². The second-order valence-corrected chi connectivity index (χ2v) is 9.58. The highest BCUT2D eigenvalue weighted by Gasteiger charge is 2.17. The number of hydrogen-bond acceptors (Lipinski definition) is 6. The van der Waals surface area contributed by atoms with E-state index >= 15 is 0 Å². The molecule has 166 valence electrons. The Hall–Kier alpha value is -2.32. The van der Waals surface area contributed by atoms with Crippen LogP contribution in [0.15, 0.2) is 46.2 Å². The normalized spacial score (nSPS) is 11.1. The van der Waals surface area contributed by atoms with Gasteiger partial charge in [-0.3, -0.25) is 4.79 Å². The van der Waals surface area contributed by atoms with Gasteiger partial charge in [0.25, 0.3) is 0 Å². The number of thioether (sulfide) groups is 1. The molecule has 0 fully saturated rings. The van der Waals surface area contributed by atoms with E-state index in [0.717, 1.165) is 35.3 Å². The Bertz CT molecular complexity index is 953. The summed E-state index contributed by atoms with van der Waals surface area (Å²) < 4.78 is 8.01. The van der Waals surface area contributed by atoms with Gasteiger partial charge in [0.05, 0.1) is 5.75 Å². The third-order valence-corrected chi connectivity index (χ3v) is 6.47. The van der Waals surface area contributed by atoms with E-state index in [2.05, 4.69) is 53.0 Å². The smallest absolute Gasteiger partial charge is 0.233 e. The molecule has 0 aliphatic heterocycles. The van der Waals surface area contributed by atoms with Crippen molar-refractivity contribution in [1.82, 2.24) is 19.7 Å². The van der Waals surface area contributed by atoms with Crippen LogP contribution in [0.2, 0.25) is 0 Å². The first-order valence-corrected chi connectivity index (χ1v) is 12.4. The van der Waals surface area contributed by atoms with Gasteiger partial charge in [0.2, 0.25) is 5.91 Å². The van der Waals surface area contributed by atoms with Gasteiger partial charge in [-0.15, -0.1) is 10.2 Å². The van der Waals surface area contributed by atoms with E-state index < -0.39 is 0 Å². The van der Waals surface area contributed by atoms with E-state index in [9.17, 15) is 4.79 Å². The van der Waals surface area contributed by atoms with E-state index in [-0.39, 0.29) is 5.91 Å². The molecule has 6 nitrogen and oxygen atoms in total. The maximum atomic E-state index is 12.6. The number of amides is 1. The molecule has 0 bridgehead atoms. The van der Waals surface area contributed by atoms with Crippen molar-refractivity contribution < 1.29 is 9.53 Å². The van der Waals surface area contributed by atoms with Crippen molar-refractivity contribution in [2.75, 3.05) is 12.8 Å². The third-order valence-electron chi connectivity index (χ3n) is 4.79. The summed E-state index contributed by atoms with van der Waals surface area (Å²) in [4.78, 5) is 14.3. The van der Waals surface area contributed by atoms with Crippen LogP contribution < -0.4 is 4.74 Å². The number of carbonyl (C=O) groups is 1. The molecular weight excluding hydrogens is 428 g/mol. The van der Waals surface area contributed by atoms with E-state index in [1.807, 2.05) is 30.6 Å². The Balaban J connectivity index is 1.61. The maximum absolute atomic E-state index is 12.6. The number of benzene rings is 1. The Labute approximate surface area is 192 Å². The van der Waals surface area contributed by atoms with Gasteiger partial charge < -0.3 is 14.2 Å². The van der Waals surface area contributed by atoms with Crippen LogP contribution >= 0.6 is 23.1 Å². The predicted molar refractivity (Wildman–Crippen MR) is 127 cm³/mol. The van der Waals surface area contributed by atoms with Crippen LogP contribution in [0.4, 0.5) is 0 Å². The number of rotatable bonds is 11. The van der Waals surface area contributed by atoms with E-state index in [4.69, 9.17) is 4.74 Å². The van der Waals surface area contributed by atoms with Gasteiger partial charge >= 0.3 is 0 Å². The maximum Gasteiger partial charge on any atom is 0.233 e. The minimum absolute atomic E-state index is 0.0733. The summed E-state index contributed by atoms with van der Waals surface area (Å²) in [5.74, 6) is 2.42. The van der Waals surface area contributed by atoms with Crippen LogP contribution in [0.25, 0.3) is 0 Å². The van der Waals surface area contributed by atoms with Crippen LogP contribution in [0.1, 0.15) is 37.7 Å². The Morgan fingerprint density at radius 1 is 1.19 bits per heavy atom. The molecule has 8 heteroatoms. The van der Waals surface area contributed by atoms with Crippen molar-refractivity contribution in [3.8, 4) is 5.75 Å². The second-order valence-electron chi connectivity index (χ2n) is 7.86. The highest BCUT2D eigenvalue weighted by molar-refractivity contribution is 7.99. The fourth-order valence-corrected chi connectivity index (χ4v) is 4.60. The topological polar surface area (TPSA) is 60.3 Å². The first-order valence-electron chi connectivity index (χ1n) is 10.5. The number of ether oxygens (including phenoxy) is 1. The zero-order chi connectivity index (χ0) is 22.2. The summed E-state index contributed by atoms with van der Waals surface area (Å²) in [7, 11) is 1.84. The molecule has 0 radical (unpaired) electrons. The highest BCUT2D eigenvalue weighted by atomic mass is 32.2. The van der Waals surface area contributed by atoms with Crippen molar-refractivity contribution in [2.24, 2.45) is 5.92 Å². The minimum Gasteiger partial charge on any atom is -0.486 e. The van der Waals surface area contributed by atoms with Crippen LogP contribution in [0, 0.1) is 5.92 Å². The fraction of sp³-hybridized carbons (Fsp3) is 0.435. The quantitative estimate of drug-likeness (QED) is 0.383. The summed E-state index contributed by atoms with van der Waals surface area (Å²) in [5, 5.41) is 13.5. The molecule has 3 aromatic rings. The summed E-state index contributed by atoms with van der Waals surface area (Å²) in [6, 6.07) is 10.2. The van der Waals surface area contributed by atoms with Crippen molar-refractivity contribution in [2.45, 2.75) is 52.0 Å². The summed E-state index contributed by atoms with van der Waals surface area (Å²) >= 11 is 3.07. The summed E-state index contributed by atoms with van der Waals surface area (Å²) in [6.45, 7) is 8.19. The molecule has 1 amide bonds. The lowest BCUT2D eigenvalue weighted by Crippen LogP contribution is -2.27. The molecule has 2 heterocycles. The van der Waals surface area contributed by atoms with E-state index in [0.29, 0.717) is 24.8 Å². The molecule has 0 atom stereocenters. The van der Waals surface area contributed by atoms with Crippen molar-refractivity contribution in [3.05, 3.63) is 58.0 Å². The molecule has 0 saturated heterocycles. The van der Waals surface area contributed by atoms with Gasteiger partial charge in [-0.1, -0.05) is 44.7 Å². The lowest BCUT2D eigenvalue weighted by Gasteiger charge is -2.17. The lowest BCUT2D eigenvalue weighted by molar-refractivity contribution is -0.127. The number of thiophene rings is 1. The van der Waals surface area contributed by atoms with Crippen LogP contribution in [0.3, 0.4) is 0 Å². The number of aromatic nitrogens is 3. The molecule has 0 aliphatic carbocycles. The zero-order valence-electron chi connectivity index (χ0n) is 18.6. The van der Waals surface area contributed by atoms with Gasteiger partial charge in [0, 0.05) is 20.1 Å².